The SMILES string of the molecule is CCCCCCCCCCCCCCCC=C1CCC2(CC1)OCCO2. The maximum Gasteiger partial charge on any atom is 0.169 e. The molecule has 0 bridgehead atoms. The second-order valence-electron chi connectivity index (χ2n) is 8.50. The number of rotatable bonds is 14. The van der Waals surface area contributed by atoms with E-state index in [2.05, 4.69) is 13.0 Å². The van der Waals surface area contributed by atoms with Gasteiger partial charge in [0.25, 0.3) is 0 Å². The Morgan fingerprint density at radius 2 is 1.15 bits per heavy atom. The Bertz CT molecular complexity index is 356. The van der Waals surface area contributed by atoms with Crippen LogP contribution in [0.2, 0.25) is 0 Å². The van der Waals surface area contributed by atoms with Crippen LogP contribution in [0.4, 0.5) is 0 Å². The lowest BCUT2D eigenvalue weighted by Crippen LogP contribution is -2.33. The van der Waals surface area contributed by atoms with Crippen LogP contribution in [0.25, 0.3) is 0 Å². The summed E-state index contributed by atoms with van der Waals surface area (Å²) in [6.45, 7) is 3.87. The molecule has 1 spiro atoms. The lowest BCUT2D eigenvalue weighted by atomic mass is 9.89. The maximum absolute atomic E-state index is 5.81. The third kappa shape index (κ3) is 9.04. The molecule has 2 heteroatoms. The number of hydrogen-bond acceptors (Lipinski definition) is 2. The monoisotopic (exact) mass is 364 g/mol. The van der Waals surface area contributed by atoms with Gasteiger partial charge in [-0.1, -0.05) is 95.6 Å². The zero-order chi connectivity index (χ0) is 18.3. The molecule has 0 unspecified atom stereocenters. The van der Waals surface area contributed by atoms with Crippen molar-refractivity contribution in [3.05, 3.63) is 11.6 Å². The molecule has 152 valence electrons. The summed E-state index contributed by atoms with van der Waals surface area (Å²) in [5, 5.41) is 0. The Hall–Kier alpha value is -0.340. The van der Waals surface area contributed by atoms with Crippen molar-refractivity contribution < 1.29 is 9.47 Å². The van der Waals surface area contributed by atoms with Crippen molar-refractivity contribution in [3.8, 4) is 0 Å². The van der Waals surface area contributed by atoms with Gasteiger partial charge in [-0.15, -0.1) is 0 Å². The first-order valence-electron chi connectivity index (χ1n) is 11.8. The minimum absolute atomic E-state index is 0.202. The summed E-state index contributed by atoms with van der Waals surface area (Å²) in [4.78, 5) is 0. The second-order valence-corrected chi connectivity index (χ2v) is 8.50. The summed E-state index contributed by atoms with van der Waals surface area (Å²) >= 11 is 0. The molecule has 0 radical (unpaired) electrons. The van der Waals surface area contributed by atoms with Gasteiger partial charge >= 0.3 is 0 Å². The van der Waals surface area contributed by atoms with E-state index in [1.165, 1.54) is 103 Å². The highest BCUT2D eigenvalue weighted by Crippen LogP contribution is 2.38. The summed E-state index contributed by atoms with van der Waals surface area (Å²) in [6, 6.07) is 0. The minimum Gasteiger partial charge on any atom is -0.348 e. The summed E-state index contributed by atoms with van der Waals surface area (Å²) in [7, 11) is 0. The molecule has 1 aliphatic heterocycles. The first-order chi connectivity index (χ1) is 12.8. The van der Waals surface area contributed by atoms with Crippen LogP contribution in [0.5, 0.6) is 0 Å². The summed E-state index contributed by atoms with van der Waals surface area (Å²) in [5.74, 6) is -0.202. The first kappa shape index (κ1) is 22.0. The molecule has 0 N–H and O–H groups in total. The van der Waals surface area contributed by atoms with Crippen molar-refractivity contribution in [3.63, 3.8) is 0 Å². The molecular formula is C24H44O2. The van der Waals surface area contributed by atoms with E-state index in [1.54, 1.807) is 5.57 Å². The Balaban J connectivity index is 1.33. The zero-order valence-electron chi connectivity index (χ0n) is 17.5. The minimum atomic E-state index is -0.202. The van der Waals surface area contributed by atoms with Crippen LogP contribution in [-0.2, 0) is 9.47 Å². The van der Waals surface area contributed by atoms with Crippen LogP contribution < -0.4 is 0 Å². The molecular weight excluding hydrogens is 320 g/mol. The summed E-state index contributed by atoms with van der Waals surface area (Å²) in [5.41, 5.74) is 1.65. The summed E-state index contributed by atoms with van der Waals surface area (Å²) < 4.78 is 11.6. The molecule has 0 aromatic carbocycles. The lowest BCUT2D eigenvalue weighted by Gasteiger charge is -2.32. The Morgan fingerprint density at radius 3 is 1.65 bits per heavy atom. The Labute approximate surface area is 163 Å². The quantitative estimate of drug-likeness (QED) is 0.232. The van der Waals surface area contributed by atoms with Crippen LogP contribution in [0.1, 0.15) is 122 Å². The molecule has 2 rings (SSSR count). The highest BCUT2D eigenvalue weighted by molar-refractivity contribution is 5.07. The van der Waals surface area contributed by atoms with E-state index in [4.69, 9.17) is 9.47 Å². The third-order valence-corrected chi connectivity index (χ3v) is 6.21. The molecule has 1 saturated heterocycles. The van der Waals surface area contributed by atoms with Crippen LogP contribution in [-0.4, -0.2) is 19.0 Å². The van der Waals surface area contributed by atoms with E-state index >= 15 is 0 Å². The molecule has 0 aromatic heterocycles. The summed E-state index contributed by atoms with van der Waals surface area (Å²) in [6.07, 6.45) is 27.0. The van der Waals surface area contributed by atoms with E-state index < -0.39 is 0 Å². The van der Waals surface area contributed by atoms with Gasteiger partial charge in [0.2, 0.25) is 0 Å². The number of allylic oxidation sites excluding steroid dienone is 2. The number of unbranched alkanes of at least 4 members (excludes halogenated alkanes) is 13. The fourth-order valence-electron chi connectivity index (χ4n) is 4.41. The maximum atomic E-state index is 5.81. The van der Waals surface area contributed by atoms with Crippen molar-refractivity contribution in [2.24, 2.45) is 0 Å². The Kier molecular flexibility index (Phi) is 11.6. The van der Waals surface area contributed by atoms with E-state index in [9.17, 15) is 0 Å². The third-order valence-electron chi connectivity index (χ3n) is 6.21. The second kappa shape index (κ2) is 13.8. The standard InChI is InChI=1S/C24H44O2/c1-2-3-4-5-6-7-8-9-10-11-12-13-14-15-16-23-17-19-24(20-18-23)25-21-22-26-24/h16H,2-15,17-22H2,1H3. The van der Waals surface area contributed by atoms with Crippen molar-refractivity contribution in [2.45, 2.75) is 128 Å². The normalized spacial score (nSPS) is 19.3. The van der Waals surface area contributed by atoms with Gasteiger partial charge in [0, 0.05) is 12.8 Å². The van der Waals surface area contributed by atoms with Gasteiger partial charge in [-0.2, -0.15) is 0 Å². The van der Waals surface area contributed by atoms with Crippen molar-refractivity contribution in [2.75, 3.05) is 13.2 Å². The molecule has 0 atom stereocenters. The number of hydrogen-bond donors (Lipinski definition) is 0. The van der Waals surface area contributed by atoms with Crippen molar-refractivity contribution >= 4 is 0 Å². The van der Waals surface area contributed by atoms with Gasteiger partial charge in [0.15, 0.2) is 5.79 Å². The molecule has 2 fully saturated rings. The van der Waals surface area contributed by atoms with Gasteiger partial charge in [0.1, 0.15) is 0 Å². The van der Waals surface area contributed by atoms with Gasteiger partial charge in [0.05, 0.1) is 13.2 Å². The smallest absolute Gasteiger partial charge is 0.169 e. The fraction of sp³-hybridized carbons (Fsp3) is 0.917. The van der Waals surface area contributed by atoms with Crippen molar-refractivity contribution in [1.29, 1.82) is 0 Å². The largest absolute Gasteiger partial charge is 0.348 e. The molecule has 1 saturated carbocycles. The number of ether oxygens (including phenoxy) is 2. The predicted octanol–water partition coefficient (Wildman–Crippen LogP) is 7.71. The molecule has 2 nitrogen and oxygen atoms in total. The van der Waals surface area contributed by atoms with E-state index in [0.29, 0.717) is 0 Å². The highest BCUT2D eigenvalue weighted by Gasteiger charge is 2.38. The fourth-order valence-corrected chi connectivity index (χ4v) is 4.41. The topological polar surface area (TPSA) is 18.5 Å². The highest BCUT2D eigenvalue weighted by atomic mass is 16.7. The van der Waals surface area contributed by atoms with Crippen LogP contribution in [0.15, 0.2) is 11.6 Å². The molecule has 1 heterocycles. The molecule has 1 aliphatic carbocycles. The molecule has 26 heavy (non-hydrogen) atoms. The average molecular weight is 365 g/mol. The van der Waals surface area contributed by atoms with Gasteiger partial charge in [-0.3, -0.25) is 0 Å². The van der Waals surface area contributed by atoms with E-state index in [0.717, 1.165) is 26.1 Å². The molecule has 0 aromatic rings. The van der Waals surface area contributed by atoms with Gasteiger partial charge in [-0.05, 0) is 25.7 Å². The van der Waals surface area contributed by atoms with E-state index in [1.807, 2.05) is 0 Å². The van der Waals surface area contributed by atoms with Crippen LogP contribution in [0, 0.1) is 0 Å². The average Bonchev–Trinajstić information content (AvgIpc) is 3.12. The molecule has 0 amide bonds. The van der Waals surface area contributed by atoms with Crippen LogP contribution in [0.3, 0.4) is 0 Å². The van der Waals surface area contributed by atoms with Crippen molar-refractivity contribution in [1.82, 2.24) is 0 Å². The van der Waals surface area contributed by atoms with Gasteiger partial charge < -0.3 is 9.47 Å². The predicted molar refractivity (Wildman–Crippen MR) is 111 cm³/mol. The lowest BCUT2D eigenvalue weighted by molar-refractivity contribution is -0.171. The zero-order valence-corrected chi connectivity index (χ0v) is 17.5. The Morgan fingerprint density at radius 1 is 0.692 bits per heavy atom. The van der Waals surface area contributed by atoms with Gasteiger partial charge in [-0.25, -0.2) is 0 Å². The first-order valence-corrected chi connectivity index (χ1v) is 11.8. The van der Waals surface area contributed by atoms with Crippen LogP contribution >= 0.6 is 0 Å². The molecule has 2 aliphatic rings. The van der Waals surface area contributed by atoms with E-state index in [-0.39, 0.29) is 5.79 Å².